The lowest BCUT2D eigenvalue weighted by atomic mass is 10.1. The molecule has 0 saturated carbocycles. The Labute approximate surface area is 115 Å². The van der Waals surface area contributed by atoms with Crippen LogP contribution in [0, 0.1) is 0 Å². The molecule has 0 radical (unpaired) electrons. The van der Waals surface area contributed by atoms with Crippen molar-refractivity contribution in [2.24, 2.45) is 5.73 Å². The van der Waals surface area contributed by atoms with E-state index < -0.39 is 30.6 Å². The zero-order chi connectivity index (χ0) is 15.0. The van der Waals surface area contributed by atoms with Crippen LogP contribution in [-0.2, 0) is 25.5 Å². The second-order valence-corrected chi connectivity index (χ2v) is 4.12. The van der Waals surface area contributed by atoms with Crippen molar-refractivity contribution < 1.29 is 24.2 Å². The Morgan fingerprint density at radius 3 is 2.55 bits per heavy atom. The van der Waals surface area contributed by atoms with Gasteiger partial charge in [-0.15, -0.1) is 0 Å². The number of carboxylic acids is 1. The number of hydrogen-bond acceptors (Lipinski definition) is 5. The summed E-state index contributed by atoms with van der Waals surface area (Å²) < 4.78 is 4.76. The summed E-state index contributed by atoms with van der Waals surface area (Å²) in [6.45, 7) is 0.219. The Balaban J connectivity index is 2.60. The van der Waals surface area contributed by atoms with Gasteiger partial charge in [-0.1, -0.05) is 30.3 Å². The van der Waals surface area contributed by atoms with Gasteiger partial charge >= 0.3 is 5.97 Å². The van der Waals surface area contributed by atoms with Crippen molar-refractivity contribution in [3.63, 3.8) is 0 Å². The van der Waals surface area contributed by atoms with Crippen LogP contribution < -0.4 is 11.1 Å². The Hall–Kier alpha value is -2.41. The fraction of sp³-hybridized carbons (Fsp3) is 0.308. The molecule has 108 valence electrons. The van der Waals surface area contributed by atoms with Crippen LogP contribution in [0.4, 0.5) is 0 Å². The fourth-order valence-corrected chi connectivity index (χ4v) is 1.57. The van der Waals surface area contributed by atoms with Gasteiger partial charge in [0.25, 0.3) is 6.47 Å². The molecule has 0 heterocycles. The number of carbonyl (C=O) groups excluding carboxylic acids is 2. The van der Waals surface area contributed by atoms with Gasteiger partial charge in [-0.3, -0.25) is 14.4 Å². The zero-order valence-electron chi connectivity index (χ0n) is 10.7. The van der Waals surface area contributed by atoms with E-state index in [2.05, 4.69) is 5.32 Å². The number of benzene rings is 1. The summed E-state index contributed by atoms with van der Waals surface area (Å²) in [4.78, 5) is 32.6. The molecule has 0 unspecified atom stereocenters. The molecule has 7 nitrogen and oxygen atoms in total. The lowest BCUT2D eigenvalue weighted by Gasteiger charge is -2.19. The lowest BCUT2D eigenvalue weighted by molar-refractivity contribution is -0.142. The minimum atomic E-state index is -1.19. The lowest BCUT2D eigenvalue weighted by Crippen LogP contribution is -2.47. The number of carboxylic acid groups (broad SMARTS) is 1. The molecule has 0 spiro atoms. The van der Waals surface area contributed by atoms with Crippen LogP contribution in [0.3, 0.4) is 0 Å². The van der Waals surface area contributed by atoms with Crippen LogP contribution in [0.5, 0.6) is 0 Å². The first kappa shape index (κ1) is 15.6. The highest BCUT2D eigenvalue weighted by Crippen LogP contribution is 2.04. The largest absolute Gasteiger partial charge is 0.481 e. The summed E-state index contributed by atoms with van der Waals surface area (Å²) >= 11 is 0. The van der Waals surface area contributed by atoms with Crippen LogP contribution >= 0.6 is 0 Å². The van der Waals surface area contributed by atoms with E-state index in [9.17, 15) is 14.4 Å². The number of amides is 1. The number of nitrogens with two attached hydrogens (primary N) is 1. The molecular formula is C13H16N2O5. The van der Waals surface area contributed by atoms with E-state index in [1.807, 2.05) is 30.3 Å². The average molecular weight is 280 g/mol. The Bertz CT molecular complexity index is 463. The summed E-state index contributed by atoms with van der Waals surface area (Å²) in [5, 5.41) is 10.9. The molecule has 1 aromatic carbocycles. The summed E-state index contributed by atoms with van der Waals surface area (Å²) in [6, 6.07) is 7.88. The summed E-state index contributed by atoms with van der Waals surface area (Å²) in [7, 11) is 0. The minimum absolute atomic E-state index is 0.219. The van der Waals surface area contributed by atoms with Crippen LogP contribution in [-0.4, -0.2) is 35.7 Å². The van der Waals surface area contributed by atoms with Gasteiger partial charge in [-0.25, -0.2) is 0 Å². The molecule has 0 fully saturated rings. The van der Waals surface area contributed by atoms with Crippen LogP contribution in [0.25, 0.3) is 0 Å². The van der Waals surface area contributed by atoms with Crippen LogP contribution in [0.2, 0.25) is 0 Å². The highest BCUT2D eigenvalue weighted by molar-refractivity contribution is 5.86. The summed E-state index contributed by atoms with van der Waals surface area (Å²) in [6.07, 6.45) is -1.11. The molecule has 7 heteroatoms. The van der Waals surface area contributed by atoms with Crippen molar-refractivity contribution in [2.75, 3.05) is 0 Å². The first-order valence-electron chi connectivity index (χ1n) is 5.93. The maximum absolute atomic E-state index is 11.7. The van der Waals surface area contributed by atoms with Gasteiger partial charge in [0.05, 0.1) is 12.5 Å². The molecule has 4 N–H and O–H groups in total. The van der Waals surface area contributed by atoms with Crippen LogP contribution in [0.15, 0.2) is 30.3 Å². The first-order chi connectivity index (χ1) is 9.52. The topological polar surface area (TPSA) is 119 Å². The van der Waals surface area contributed by atoms with Crippen molar-refractivity contribution in [3.8, 4) is 0 Å². The number of nitrogens with one attached hydrogen (secondary N) is 1. The maximum atomic E-state index is 11.7. The van der Waals surface area contributed by atoms with Gasteiger partial charge in [0.1, 0.15) is 0 Å². The van der Waals surface area contributed by atoms with Gasteiger partial charge in [0, 0.05) is 6.42 Å². The fourth-order valence-electron chi connectivity index (χ4n) is 1.57. The molecule has 1 aromatic rings. The van der Waals surface area contributed by atoms with Gasteiger partial charge in [-0.05, 0) is 5.56 Å². The average Bonchev–Trinajstić information content (AvgIpc) is 2.39. The third-order valence-electron chi connectivity index (χ3n) is 2.52. The molecule has 0 aliphatic rings. The van der Waals surface area contributed by atoms with E-state index in [1.54, 1.807) is 0 Å². The van der Waals surface area contributed by atoms with Crippen molar-refractivity contribution >= 4 is 18.3 Å². The van der Waals surface area contributed by atoms with Gasteiger partial charge < -0.3 is 20.9 Å². The SMILES string of the molecule is N[C@@H](CC(=O)O)C(=O)N[C@@H](Cc1ccccc1)OC=O. The van der Waals surface area contributed by atoms with E-state index in [-0.39, 0.29) is 12.9 Å². The van der Waals surface area contributed by atoms with Crippen LogP contribution in [0.1, 0.15) is 12.0 Å². The molecule has 2 atom stereocenters. The molecule has 0 bridgehead atoms. The normalized spacial score (nSPS) is 13.1. The Morgan fingerprint density at radius 2 is 2.00 bits per heavy atom. The van der Waals surface area contributed by atoms with Crippen molar-refractivity contribution in [2.45, 2.75) is 25.1 Å². The monoisotopic (exact) mass is 280 g/mol. The molecule has 0 aliphatic heterocycles. The summed E-state index contributed by atoms with van der Waals surface area (Å²) in [5.41, 5.74) is 6.27. The number of ether oxygens (including phenoxy) is 1. The van der Waals surface area contributed by atoms with Gasteiger partial charge in [-0.2, -0.15) is 0 Å². The van der Waals surface area contributed by atoms with Gasteiger partial charge in [0.2, 0.25) is 5.91 Å². The predicted octanol–water partition coefficient (Wildman–Crippen LogP) is -0.354. The smallest absolute Gasteiger partial charge is 0.305 e. The van der Waals surface area contributed by atoms with Crippen molar-refractivity contribution in [1.82, 2.24) is 5.32 Å². The summed E-state index contributed by atoms with van der Waals surface area (Å²) in [5.74, 6) is -1.86. The quantitative estimate of drug-likeness (QED) is 0.442. The molecule has 1 amide bonds. The number of carbonyl (C=O) groups is 3. The third kappa shape index (κ3) is 5.49. The van der Waals surface area contributed by atoms with Crippen molar-refractivity contribution in [3.05, 3.63) is 35.9 Å². The minimum Gasteiger partial charge on any atom is -0.481 e. The molecule has 0 saturated heterocycles. The van der Waals surface area contributed by atoms with Gasteiger partial charge in [0.15, 0.2) is 6.23 Å². The van der Waals surface area contributed by atoms with Crippen molar-refractivity contribution in [1.29, 1.82) is 0 Å². The van der Waals surface area contributed by atoms with E-state index in [0.29, 0.717) is 0 Å². The third-order valence-corrected chi connectivity index (χ3v) is 2.52. The molecular weight excluding hydrogens is 264 g/mol. The van der Waals surface area contributed by atoms with E-state index in [4.69, 9.17) is 15.6 Å². The Kier molecular flexibility index (Phi) is 6.18. The highest BCUT2D eigenvalue weighted by atomic mass is 16.5. The molecule has 0 aromatic heterocycles. The number of aliphatic carboxylic acids is 1. The second kappa shape index (κ2) is 7.90. The standard InChI is InChI=1S/C13H16N2O5/c14-10(7-12(17)18)13(19)15-11(20-8-16)6-9-4-2-1-3-5-9/h1-5,8,10-11H,6-7,14H2,(H,15,19)(H,17,18)/t10-,11+/m0/s1. The zero-order valence-corrected chi connectivity index (χ0v) is 10.7. The number of rotatable bonds is 8. The maximum Gasteiger partial charge on any atom is 0.305 e. The molecule has 20 heavy (non-hydrogen) atoms. The highest BCUT2D eigenvalue weighted by Gasteiger charge is 2.21. The predicted molar refractivity (Wildman–Crippen MR) is 69.5 cm³/mol. The second-order valence-electron chi connectivity index (χ2n) is 4.12. The molecule has 0 aliphatic carbocycles. The molecule has 1 rings (SSSR count). The van der Waals surface area contributed by atoms with E-state index in [0.717, 1.165) is 5.56 Å². The number of hydrogen-bond donors (Lipinski definition) is 3. The van der Waals surface area contributed by atoms with E-state index >= 15 is 0 Å². The first-order valence-corrected chi connectivity index (χ1v) is 5.93. The van der Waals surface area contributed by atoms with E-state index in [1.165, 1.54) is 0 Å². The Morgan fingerprint density at radius 1 is 1.35 bits per heavy atom.